The highest BCUT2D eigenvalue weighted by molar-refractivity contribution is 7.87. The van der Waals surface area contributed by atoms with E-state index in [9.17, 15) is 13.3 Å². The first kappa shape index (κ1) is 14.6. The van der Waals surface area contributed by atoms with Crippen molar-refractivity contribution in [1.29, 1.82) is 0 Å². The van der Waals surface area contributed by atoms with Gasteiger partial charge in [0, 0.05) is 12.4 Å². The van der Waals surface area contributed by atoms with Crippen LogP contribution in [-0.2, 0) is 10.2 Å². The number of hydrogen-bond donors (Lipinski definition) is 1. The molecule has 0 unspecified atom stereocenters. The number of hydrogen-bond acceptors (Lipinski definition) is 4. The van der Waals surface area contributed by atoms with Gasteiger partial charge in [0.25, 0.3) is 0 Å². The van der Waals surface area contributed by atoms with Crippen LogP contribution in [0.25, 0.3) is 0 Å². The number of rotatable bonds is 9. The third-order valence-electron chi connectivity index (χ3n) is 1.71. The van der Waals surface area contributed by atoms with E-state index in [2.05, 4.69) is 10.0 Å². The number of nitrogens with zero attached hydrogens (tertiary/aromatic N) is 2. The first-order valence-corrected chi connectivity index (χ1v) is 6.72. The summed E-state index contributed by atoms with van der Waals surface area (Å²) in [4.78, 5) is 10.2. The molecule has 0 aromatic rings. The first-order chi connectivity index (χ1) is 7.08. The van der Waals surface area contributed by atoms with Gasteiger partial charge < -0.3 is 0 Å². The molecule has 1 N–H and O–H groups in total. The summed E-state index contributed by atoms with van der Waals surface area (Å²) in [6.07, 6.45) is 2.68. The first-order valence-electron chi connectivity index (χ1n) is 4.75. The molecule has 0 fully saturated rings. The summed E-state index contributed by atoms with van der Waals surface area (Å²) in [5.41, 5.74) is 0. The standard InChI is InChI=1S/C7H16ClN3O3S/c1-2-3-4-6-9-15(13,14)11(10-12)7-5-8/h9H,2-7H2,1H3. The number of halogens is 1. The summed E-state index contributed by atoms with van der Waals surface area (Å²) in [6.45, 7) is 2.21. The second-order valence-corrected chi connectivity index (χ2v) is 4.96. The second kappa shape index (κ2) is 7.84. The summed E-state index contributed by atoms with van der Waals surface area (Å²) in [5.74, 6) is 0.0294. The van der Waals surface area contributed by atoms with Crippen molar-refractivity contribution in [3.63, 3.8) is 0 Å². The van der Waals surface area contributed by atoms with Crippen molar-refractivity contribution < 1.29 is 8.42 Å². The molecular formula is C7H16ClN3O3S. The Morgan fingerprint density at radius 1 is 1.40 bits per heavy atom. The lowest BCUT2D eigenvalue weighted by Crippen LogP contribution is -2.38. The molecule has 0 aromatic carbocycles. The summed E-state index contributed by atoms with van der Waals surface area (Å²) < 4.78 is 25.5. The summed E-state index contributed by atoms with van der Waals surface area (Å²) >= 11 is 5.33. The normalized spacial score (nSPS) is 11.3. The van der Waals surface area contributed by atoms with Gasteiger partial charge >= 0.3 is 10.2 Å². The molecule has 0 heterocycles. The molecule has 0 saturated carbocycles. The van der Waals surface area contributed by atoms with Gasteiger partial charge in [0.05, 0.1) is 11.8 Å². The van der Waals surface area contributed by atoms with Gasteiger partial charge in [-0.05, 0) is 6.42 Å². The zero-order valence-corrected chi connectivity index (χ0v) is 10.2. The maximum absolute atomic E-state index is 11.4. The molecule has 15 heavy (non-hydrogen) atoms. The maximum atomic E-state index is 11.4. The number of nitroso groups, excluding NO2 is 1. The predicted octanol–water partition coefficient (Wildman–Crippen LogP) is 1.23. The fraction of sp³-hybridized carbons (Fsp3) is 1.00. The van der Waals surface area contributed by atoms with Crippen LogP contribution in [0.5, 0.6) is 0 Å². The molecule has 0 aliphatic carbocycles. The van der Waals surface area contributed by atoms with Crippen molar-refractivity contribution in [1.82, 2.24) is 9.14 Å². The molecule has 0 amide bonds. The zero-order chi connectivity index (χ0) is 11.7. The molecule has 0 saturated heterocycles. The molecule has 0 aliphatic rings. The Bertz CT molecular complexity index is 271. The van der Waals surface area contributed by atoms with Crippen LogP contribution in [0, 0.1) is 4.91 Å². The van der Waals surface area contributed by atoms with Crippen molar-refractivity contribution in [2.45, 2.75) is 26.2 Å². The van der Waals surface area contributed by atoms with E-state index in [0.717, 1.165) is 19.3 Å². The van der Waals surface area contributed by atoms with Crippen LogP contribution in [0.3, 0.4) is 0 Å². The van der Waals surface area contributed by atoms with E-state index in [0.29, 0.717) is 11.0 Å². The zero-order valence-electron chi connectivity index (χ0n) is 8.65. The highest BCUT2D eigenvalue weighted by Crippen LogP contribution is 2.00. The fourth-order valence-electron chi connectivity index (χ4n) is 0.928. The van der Waals surface area contributed by atoms with Crippen LogP contribution < -0.4 is 4.72 Å². The molecule has 8 heteroatoms. The smallest absolute Gasteiger partial charge is 0.196 e. The SMILES string of the molecule is CCCCCNS(=O)(=O)N(CCCl)N=O. The second-order valence-electron chi connectivity index (χ2n) is 2.92. The van der Waals surface area contributed by atoms with Crippen LogP contribution >= 0.6 is 11.6 Å². The molecule has 0 radical (unpaired) electrons. The molecule has 0 aromatic heterocycles. The van der Waals surface area contributed by atoms with Gasteiger partial charge in [0.15, 0.2) is 0 Å². The van der Waals surface area contributed by atoms with E-state index in [1.165, 1.54) is 0 Å². The summed E-state index contributed by atoms with van der Waals surface area (Å²) in [7, 11) is -3.80. The van der Waals surface area contributed by atoms with E-state index >= 15 is 0 Å². The van der Waals surface area contributed by atoms with Gasteiger partial charge in [-0.2, -0.15) is 13.1 Å². The minimum atomic E-state index is -3.80. The minimum Gasteiger partial charge on any atom is -0.196 e. The van der Waals surface area contributed by atoms with Crippen LogP contribution in [0.1, 0.15) is 26.2 Å². The average molecular weight is 258 g/mol. The summed E-state index contributed by atoms with van der Waals surface area (Å²) in [6, 6.07) is 0. The molecule has 0 rings (SSSR count). The van der Waals surface area contributed by atoms with Crippen LogP contribution in [-0.4, -0.2) is 31.8 Å². The Balaban J connectivity index is 4.08. The van der Waals surface area contributed by atoms with Crippen molar-refractivity contribution in [3.05, 3.63) is 4.91 Å². The van der Waals surface area contributed by atoms with Crippen LogP contribution in [0.4, 0.5) is 0 Å². The number of alkyl halides is 1. The molecule has 90 valence electrons. The molecule has 0 aliphatic heterocycles. The van der Waals surface area contributed by atoms with Gasteiger partial charge in [-0.15, -0.1) is 20.9 Å². The monoisotopic (exact) mass is 257 g/mol. The molecule has 6 nitrogen and oxygen atoms in total. The highest BCUT2D eigenvalue weighted by Gasteiger charge is 2.19. The topological polar surface area (TPSA) is 78.8 Å². The predicted molar refractivity (Wildman–Crippen MR) is 59.7 cm³/mol. The third kappa shape index (κ3) is 5.91. The Kier molecular flexibility index (Phi) is 7.63. The molecular weight excluding hydrogens is 242 g/mol. The quantitative estimate of drug-likeness (QED) is 0.292. The lowest BCUT2D eigenvalue weighted by atomic mass is 10.3. The highest BCUT2D eigenvalue weighted by atomic mass is 35.5. The van der Waals surface area contributed by atoms with E-state index in [-0.39, 0.29) is 12.4 Å². The van der Waals surface area contributed by atoms with Crippen LogP contribution in [0.15, 0.2) is 5.29 Å². The Morgan fingerprint density at radius 3 is 2.53 bits per heavy atom. The van der Waals surface area contributed by atoms with Crippen molar-refractivity contribution in [3.8, 4) is 0 Å². The Hall–Kier alpha value is -0.400. The molecule has 0 spiro atoms. The third-order valence-corrected chi connectivity index (χ3v) is 3.25. The number of nitrogens with one attached hydrogen (secondary N) is 1. The number of unbranched alkanes of at least 4 members (excludes halogenated alkanes) is 2. The van der Waals surface area contributed by atoms with Gasteiger partial charge in [0.1, 0.15) is 0 Å². The lowest BCUT2D eigenvalue weighted by molar-refractivity contribution is 0.434. The van der Waals surface area contributed by atoms with Crippen molar-refractivity contribution in [2.24, 2.45) is 5.29 Å². The molecule has 0 atom stereocenters. The minimum absolute atomic E-state index is 0.0294. The van der Waals surface area contributed by atoms with E-state index in [1.807, 2.05) is 6.92 Å². The maximum Gasteiger partial charge on any atom is 0.318 e. The lowest BCUT2D eigenvalue weighted by Gasteiger charge is -2.14. The van der Waals surface area contributed by atoms with Crippen molar-refractivity contribution in [2.75, 3.05) is 19.0 Å². The van der Waals surface area contributed by atoms with Gasteiger partial charge in [0.2, 0.25) is 0 Å². The Labute approximate surface area is 95.1 Å². The van der Waals surface area contributed by atoms with E-state index in [4.69, 9.17) is 11.6 Å². The average Bonchev–Trinajstić information content (AvgIpc) is 2.20. The van der Waals surface area contributed by atoms with E-state index in [1.54, 1.807) is 0 Å². The largest absolute Gasteiger partial charge is 0.318 e. The molecule has 0 bridgehead atoms. The van der Waals surface area contributed by atoms with E-state index < -0.39 is 10.2 Å². The van der Waals surface area contributed by atoms with Crippen molar-refractivity contribution >= 4 is 21.8 Å². The summed E-state index contributed by atoms with van der Waals surface area (Å²) in [5, 5.41) is 2.40. The Morgan fingerprint density at radius 2 is 2.07 bits per heavy atom. The van der Waals surface area contributed by atoms with Crippen LogP contribution in [0.2, 0.25) is 0 Å². The van der Waals surface area contributed by atoms with Gasteiger partial charge in [-0.3, -0.25) is 0 Å². The van der Waals surface area contributed by atoms with Gasteiger partial charge in [-0.1, -0.05) is 19.8 Å². The van der Waals surface area contributed by atoms with Gasteiger partial charge in [-0.25, -0.2) is 0 Å². The fourth-order valence-corrected chi connectivity index (χ4v) is 2.16.